The Balaban J connectivity index is 0.00000134. The van der Waals surface area contributed by atoms with E-state index in [1.54, 1.807) is 16.2 Å². The molecule has 2 heterocycles. The molecule has 1 aliphatic carbocycles. The number of nitrogens with zero attached hydrogens (tertiary/aromatic N) is 5. The van der Waals surface area contributed by atoms with Gasteiger partial charge in [0.15, 0.2) is 0 Å². The number of benzene rings is 1. The molecule has 0 saturated heterocycles. The van der Waals surface area contributed by atoms with Gasteiger partial charge in [-0.3, -0.25) is 9.59 Å². The molecule has 11 heteroatoms. The molecule has 0 unspecified atom stereocenters. The van der Waals surface area contributed by atoms with Crippen molar-refractivity contribution in [2.45, 2.75) is 26.7 Å². The highest BCUT2D eigenvalue weighted by Gasteiger charge is 2.30. The van der Waals surface area contributed by atoms with Crippen LogP contribution in [0.4, 0.5) is 0 Å². The van der Waals surface area contributed by atoms with Gasteiger partial charge in [-0.2, -0.15) is 5.10 Å². The van der Waals surface area contributed by atoms with Crippen LogP contribution in [0.25, 0.3) is 21.8 Å². The van der Waals surface area contributed by atoms with E-state index in [1.165, 1.54) is 10.4 Å². The molecular weight excluding hydrogens is 578 g/mol. The lowest BCUT2D eigenvalue weighted by Gasteiger charge is -2.20. The van der Waals surface area contributed by atoms with Gasteiger partial charge in [0.1, 0.15) is 0 Å². The highest BCUT2D eigenvalue weighted by Crippen LogP contribution is 2.42. The Bertz CT molecular complexity index is 1390. The Labute approximate surface area is 242 Å². The zero-order valence-electron chi connectivity index (χ0n) is 23.3. The van der Waals surface area contributed by atoms with Crippen molar-refractivity contribution in [3.8, 4) is 16.3 Å². The molecule has 208 valence electrons. The molecule has 0 atom stereocenters. The number of thiazole rings is 1. The maximum atomic E-state index is 13.0. The highest BCUT2D eigenvalue weighted by atomic mass is 79.9. The van der Waals surface area contributed by atoms with Crippen molar-refractivity contribution in [1.29, 1.82) is 0 Å². The molecule has 1 aromatic carbocycles. The number of allylic oxidation sites excluding steroid dienone is 3. The molecule has 0 saturated carbocycles. The van der Waals surface area contributed by atoms with E-state index in [0.29, 0.717) is 12.1 Å². The first kappa shape index (κ1) is 30.3. The average molecular weight is 615 g/mol. The SMILES string of the molecule is C/C=C\C(=C/NC)c1nn(-c2ccc(C(=O)N(C)CCN(C)C)cc2Br)c2c1CCc1nc(C)sc1-2.NC=O. The molecule has 3 N–H and O–H groups in total. The largest absolute Gasteiger partial charge is 0.393 e. The Morgan fingerprint density at radius 1 is 1.26 bits per heavy atom. The van der Waals surface area contributed by atoms with Gasteiger partial charge in [-0.25, -0.2) is 9.67 Å². The summed E-state index contributed by atoms with van der Waals surface area (Å²) in [5, 5.41) is 9.35. The number of hydrogen-bond donors (Lipinski definition) is 2. The first-order valence-electron chi connectivity index (χ1n) is 12.6. The number of halogens is 1. The molecule has 3 aromatic rings. The Morgan fingerprint density at radius 3 is 2.59 bits per heavy atom. The van der Waals surface area contributed by atoms with Gasteiger partial charge in [0.2, 0.25) is 6.41 Å². The minimum atomic E-state index is -0.0000242. The van der Waals surface area contributed by atoms with Gasteiger partial charge < -0.3 is 20.9 Å². The quantitative estimate of drug-likeness (QED) is 0.293. The van der Waals surface area contributed by atoms with Crippen molar-refractivity contribution in [3.05, 3.63) is 68.5 Å². The van der Waals surface area contributed by atoms with E-state index in [4.69, 9.17) is 14.9 Å². The van der Waals surface area contributed by atoms with Crippen molar-refractivity contribution >= 4 is 45.2 Å². The van der Waals surface area contributed by atoms with Gasteiger partial charge in [-0.05, 0) is 74.9 Å². The Kier molecular flexibility index (Phi) is 10.6. The van der Waals surface area contributed by atoms with Crippen LogP contribution in [0.15, 0.2) is 41.0 Å². The Morgan fingerprint density at radius 2 is 1.97 bits per heavy atom. The van der Waals surface area contributed by atoms with Crippen LogP contribution in [0.1, 0.15) is 39.2 Å². The number of amides is 2. The number of hydrogen-bond acceptors (Lipinski definition) is 7. The molecule has 0 fully saturated rings. The number of rotatable bonds is 8. The smallest absolute Gasteiger partial charge is 0.253 e. The fourth-order valence-electron chi connectivity index (χ4n) is 4.41. The second-order valence-electron chi connectivity index (χ2n) is 9.32. The number of carbonyl (C=O) groups is 2. The van der Waals surface area contributed by atoms with E-state index in [0.717, 1.165) is 57.2 Å². The number of likely N-dealkylation sites (N-methyl/N-ethyl adjacent to an activating group) is 2. The molecule has 0 radical (unpaired) electrons. The molecule has 0 bridgehead atoms. The van der Waals surface area contributed by atoms with Gasteiger partial charge in [-0.15, -0.1) is 11.3 Å². The lowest BCUT2D eigenvalue weighted by atomic mass is 9.95. The molecule has 4 rings (SSSR count). The first-order valence-corrected chi connectivity index (χ1v) is 14.2. The van der Waals surface area contributed by atoms with Gasteiger partial charge in [-0.1, -0.05) is 12.2 Å². The zero-order chi connectivity index (χ0) is 28.7. The first-order chi connectivity index (χ1) is 18.7. The molecule has 1 aliphatic rings. The van der Waals surface area contributed by atoms with Crippen LogP contribution in [-0.2, 0) is 17.6 Å². The van der Waals surface area contributed by atoms with E-state index in [2.05, 4.69) is 44.9 Å². The van der Waals surface area contributed by atoms with Crippen molar-refractivity contribution in [1.82, 2.24) is 29.9 Å². The molecule has 39 heavy (non-hydrogen) atoms. The van der Waals surface area contributed by atoms with Gasteiger partial charge >= 0.3 is 0 Å². The maximum absolute atomic E-state index is 13.0. The molecule has 2 aromatic heterocycles. The minimum Gasteiger partial charge on any atom is -0.393 e. The minimum absolute atomic E-state index is 0.0000242. The van der Waals surface area contributed by atoms with Crippen LogP contribution in [0.2, 0.25) is 0 Å². The van der Waals surface area contributed by atoms with Crippen LogP contribution in [0.3, 0.4) is 0 Å². The fourth-order valence-corrected chi connectivity index (χ4v) is 5.98. The van der Waals surface area contributed by atoms with Gasteiger partial charge in [0.25, 0.3) is 5.91 Å². The topological polar surface area (TPSA) is 109 Å². The van der Waals surface area contributed by atoms with Crippen molar-refractivity contribution in [3.63, 3.8) is 0 Å². The molecular formula is C28H36BrN7O2S. The standard InChI is InChI=1S/C27H33BrN6OS.CH3NO/c1-7-8-19(16-29-3)24-20-10-11-22-26(36-17(2)30-22)25(20)34(31-24)23-12-9-18(15-21(23)28)27(35)33(6)14-13-32(4)5;2-1-3/h7-9,12,15-16,29H,10-11,13-14H2,1-6H3;1H,(H2,2,3)/b8-7-,19-16+;. The van der Waals surface area contributed by atoms with Crippen molar-refractivity contribution < 1.29 is 9.59 Å². The molecule has 9 nitrogen and oxygen atoms in total. The summed E-state index contributed by atoms with van der Waals surface area (Å²) in [6.07, 6.45) is 8.13. The lowest BCUT2D eigenvalue weighted by Crippen LogP contribution is -2.33. The summed E-state index contributed by atoms with van der Waals surface area (Å²) in [6, 6.07) is 5.77. The number of aromatic nitrogens is 3. The van der Waals surface area contributed by atoms with Gasteiger partial charge in [0.05, 0.1) is 32.7 Å². The third-order valence-electron chi connectivity index (χ3n) is 6.19. The van der Waals surface area contributed by atoms with Crippen molar-refractivity contribution in [2.75, 3.05) is 41.3 Å². The zero-order valence-corrected chi connectivity index (χ0v) is 25.7. The van der Waals surface area contributed by atoms with Gasteiger partial charge in [0, 0.05) is 54.6 Å². The predicted octanol–water partition coefficient (Wildman–Crippen LogP) is 4.04. The van der Waals surface area contributed by atoms with Crippen LogP contribution < -0.4 is 11.1 Å². The summed E-state index contributed by atoms with van der Waals surface area (Å²) in [6.45, 7) is 5.55. The van der Waals surface area contributed by atoms with E-state index in [9.17, 15) is 4.79 Å². The second kappa shape index (κ2) is 13.7. The van der Waals surface area contributed by atoms with E-state index < -0.39 is 0 Å². The van der Waals surface area contributed by atoms with E-state index in [1.807, 2.05) is 70.3 Å². The number of nitrogens with one attached hydrogen (secondary N) is 1. The fraction of sp³-hybridized carbons (Fsp3) is 0.357. The third-order valence-corrected chi connectivity index (χ3v) is 7.84. The summed E-state index contributed by atoms with van der Waals surface area (Å²) >= 11 is 5.47. The number of fused-ring (bicyclic) bond motifs is 3. The van der Waals surface area contributed by atoms with Crippen LogP contribution in [0, 0.1) is 6.92 Å². The molecule has 0 aliphatic heterocycles. The molecule has 0 spiro atoms. The number of carbonyl (C=O) groups excluding carboxylic acids is 2. The molecule has 2 amide bonds. The maximum Gasteiger partial charge on any atom is 0.253 e. The summed E-state index contributed by atoms with van der Waals surface area (Å²) < 4.78 is 2.84. The summed E-state index contributed by atoms with van der Waals surface area (Å²) in [7, 11) is 7.76. The summed E-state index contributed by atoms with van der Waals surface area (Å²) in [4.78, 5) is 31.4. The third kappa shape index (κ3) is 6.84. The predicted molar refractivity (Wildman–Crippen MR) is 162 cm³/mol. The number of nitrogens with two attached hydrogens (primary N) is 1. The summed E-state index contributed by atoms with van der Waals surface area (Å²) in [5.41, 5.74) is 11.1. The van der Waals surface area contributed by atoms with Crippen LogP contribution >= 0.6 is 27.3 Å². The lowest BCUT2D eigenvalue weighted by molar-refractivity contribution is -0.106. The van der Waals surface area contributed by atoms with Crippen molar-refractivity contribution in [2.24, 2.45) is 5.73 Å². The van der Waals surface area contributed by atoms with E-state index in [-0.39, 0.29) is 12.3 Å². The highest BCUT2D eigenvalue weighted by molar-refractivity contribution is 9.10. The second-order valence-corrected chi connectivity index (χ2v) is 11.4. The number of aryl methyl sites for hydroxylation is 2. The normalized spacial score (nSPS) is 12.6. The van der Waals surface area contributed by atoms with Crippen LogP contribution in [-0.4, -0.2) is 78.2 Å². The van der Waals surface area contributed by atoms with Crippen LogP contribution in [0.5, 0.6) is 0 Å². The number of primary amides is 1. The summed E-state index contributed by atoms with van der Waals surface area (Å²) in [5.74, 6) is -0.0000242. The Hall–Kier alpha value is -3.28. The van der Waals surface area contributed by atoms with E-state index >= 15 is 0 Å². The average Bonchev–Trinajstić information content (AvgIpc) is 3.47. The monoisotopic (exact) mass is 613 g/mol.